The van der Waals surface area contributed by atoms with Gasteiger partial charge in [-0.2, -0.15) is 0 Å². The van der Waals surface area contributed by atoms with Gasteiger partial charge in [0.25, 0.3) is 17.8 Å². The Morgan fingerprint density at radius 1 is 0.479 bits per heavy atom. The zero-order valence-electron chi connectivity index (χ0n) is 43.4. The molecule has 0 radical (unpaired) electrons. The second-order valence-electron chi connectivity index (χ2n) is 19.1. The number of carbonyl (C=O) groups excluding carboxylic acids is 3. The van der Waals surface area contributed by atoms with Gasteiger partial charge in [0.15, 0.2) is 39.6 Å². The molecule has 0 aliphatic heterocycles. The van der Waals surface area contributed by atoms with E-state index in [4.69, 9.17) is 14.2 Å². The molecule has 0 aromatic heterocycles. The number of benzene rings is 6. The molecule has 0 N–H and O–H groups in total. The average molecular weight is 1020 g/mol. The molecular weight excluding hydrogens is 955 g/mol. The summed E-state index contributed by atoms with van der Waals surface area (Å²) in [6, 6.07) is 35.1. The second-order valence-corrected chi connectivity index (χ2v) is 19.1. The zero-order chi connectivity index (χ0) is 54.1. The fraction of sp³-hybridized carbons (Fsp3) is 0.431. The van der Waals surface area contributed by atoms with Crippen molar-refractivity contribution >= 4 is 50.2 Å². The minimum absolute atomic E-state index is 0.106. The number of halogens is 6. The Hall–Kier alpha value is -6.51. The lowest BCUT2D eigenvalue weighted by atomic mass is 9.81. The van der Waals surface area contributed by atoms with E-state index in [-0.39, 0.29) is 5.41 Å². The summed E-state index contributed by atoms with van der Waals surface area (Å²) in [6.07, 6.45) is 3.13. The van der Waals surface area contributed by atoms with Crippen LogP contribution in [0.1, 0.15) is 117 Å². The number of alkyl halides is 6. The molecule has 0 fully saturated rings. The van der Waals surface area contributed by atoms with E-state index in [1.807, 2.05) is 60.7 Å². The molecule has 6 aromatic carbocycles. The van der Waals surface area contributed by atoms with Crippen LogP contribution >= 0.6 is 0 Å². The summed E-state index contributed by atoms with van der Waals surface area (Å²) in [5.41, 5.74) is 3.87. The molecule has 0 heterocycles. The van der Waals surface area contributed by atoms with Crippen molar-refractivity contribution in [3.8, 4) is 17.2 Å². The maximum Gasteiger partial charge on any atom is 0.344 e. The smallest absolute Gasteiger partial charge is 0.344 e. The molecule has 15 heteroatoms. The topological polar surface area (TPSA) is 107 Å². The summed E-state index contributed by atoms with van der Waals surface area (Å²) < 4.78 is 105. The minimum atomic E-state index is -3.04. The molecule has 0 spiro atoms. The van der Waals surface area contributed by atoms with Gasteiger partial charge in [0.2, 0.25) is 0 Å². The molecule has 0 saturated heterocycles. The van der Waals surface area contributed by atoms with Crippen LogP contribution in [0.15, 0.2) is 109 Å². The van der Waals surface area contributed by atoms with Gasteiger partial charge in [-0.15, -0.1) is 0 Å². The summed E-state index contributed by atoms with van der Waals surface area (Å²) in [5.74, 6) is -9.13. The Morgan fingerprint density at radius 2 is 0.904 bits per heavy atom. The highest BCUT2D eigenvalue weighted by atomic mass is 19.3. The van der Waals surface area contributed by atoms with Gasteiger partial charge in [-0.1, -0.05) is 127 Å². The standard InChI is InChI=1S/C20H24F2O3.2C19H22F2O3/c1-5-19(2,3)16-8-6-15-11-17(9-7-14(15)10-16)24-12-18(23)25-13-20(4,21)22;1-4-13(2)14-7-5-9-16-15(14)8-6-10-17(16)23-11-18(22)24-12-19(3,20)21;1-4-13(2)14-5-6-16-10-17(8-7-15(16)9-14)23-11-18(22)24-12-19(3,20)21/h6-11H,5,12-13H2,1-4H3;2*5-10,13H,4,11-12H2,1-3H3. The van der Waals surface area contributed by atoms with Gasteiger partial charge < -0.3 is 28.4 Å². The highest BCUT2D eigenvalue weighted by Gasteiger charge is 2.26. The van der Waals surface area contributed by atoms with Crippen LogP contribution < -0.4 is 14.2 Å². The minimum Gasteiger partial charge on any atom is -0.482 e. The molecule has 0 amide bonds. The molecular formula is C58H68F6O9. The number of hydrogen-bond acceptors (Lipinski definition) is 9. The molecule has 6 rings (SSSR count). The third kappa shape index (κ3) is 19.8. The van der Waals surface area contributed by atoms with Crippen LogP contribution in [0.4, 0.5) is 26.3 Å². The molecule has 9 nitrogen and oxygen atoms in total. The van der Waals surface area contributed by atoms with Crippen molar-refractivity contribution in [3.63, 3.8) is 0 Å². The Bertz CT molecular complexity index is 2760. The Labute approximate surface area is 424 Å². The van der Waals surface area contributed by atoms with E-state index < -0.39 is 75.3 Å². The van der Waals surface area contributed by atoms with Gasteiger partial charge in [-0.05, 0) is 110 Å². The SMILES string of the molecule is CCC(C)(C)c1ccc2cc(OCC(=O)OCC(C)(F)F)ccc2c1.CCC(C)c1ccc2cc(OCC(=O)OCC(C)(F)F)ccc2c1.CCC(C)c1cccc2c(OCC(=O)OCC(C)(F)F)cccc12. The first-order valence-electron chi connectivity index (χ1n) is 24.3. The first kappa shape index (κ1) is 59.1. The number of rotatable bonds is 21. The van der Waals surface area contributed by atoms with E-state index in [1.54, 1.807) is 18.2 Å². The number of esters is 3. The molecule has 0 aliphatic rings. The average Bonchev–Trinajstić information content (AvgIpc) is 3.35. The van der Waals surface area contributed by atoms with Crippen molar-refractivity contribution in [3.05, 3.63) is 126 Å². The van der Waals surface area contributed by atoms with Crippen LogP contribution in [0.25, 0.3) is 32.3 Å². The number of hydrogen-bond donors (Lipinski definition) is 0. The summed E-state index contributed by atoms with van der Waals surface area (Å²) in [5, 5.41) is 6.12. The number of carbonyl (C=O) groups is 3. The Balaban J connectivity index is 0.000000237. The maximum absolute atomic E-state index is 12.7. The van der Waals surface area contributed by atoms with Gasteiger partial charge >= 0.3 is 17.9 Å². The monoisotopic (exact) mass is 1020 g/mol. The lowest BCUT2D eigenvalue weighted by molar-refractivity contribution is -0.156. The van der Waals surface area contributed by atoms with E-state index in [1.165, 1.54) is 16.7 Å². The van der Waals surface area contributed by atoms with E-state index in [0.29, 0.717) is 49.9 Å². The summed E-state index contributed by atoms with van der Waals surface area (Å²) in [7, 11) is 0. The van der Waals surface area contributed by atoms with Gasteiger partial charge in [-0.25, -0.2) is 40.7 Å². The molecule has 2 atom stereocenters. The highest BCUT2D eigenvalue weighted by Crippen LogP contribution is 2.34. The molecule has 0 aliphatic carbocycles. The van der Waals surface area contributed by atoms with Crippen molar-refractivity contribution in [1.29, 1.82) is 0 Å². The molecule has 0 bridgehead atoms. The van der Waals surface area contributed by atoms with Gasteiger partial charge in [0, 0.05) is 26.2 Å². The second kappa shape index (κ2) is 26.4. The van der Waals surface area contributed by atoms with E-state index in [9.17, 15) is 40.7 Å². The zero-order valence-corrected chi connectivity index (χ0v) is 43.4. The maximum atomic E-state index is 12.7. The van der Waals surface area contributed by atoms with Crippen molar-refractivity contribution < 1.29 is 69.1 Å². The predicted molar refractivity (Wildman–Crippen MR) is 274 cm³/mol. The van der Waals surface area contributed by atoms with E-state index in [2.05, 4.69) is 93.0 Å². The fourth-order valence-electron chi connectivity index (χ4n) is 7.06. The van der Waals surface area contributed by atoms with Crippen LogP contribution in [0, 0.1) is 0 Å². The van der Waals surface area contributed by atoms with Crippen LogP contribution in [-0.2, 0) is 34.0 Å². The van der Waals surface area contributed by atoms with E-state index in [0.717, 1.165) is 51.6 Å². The summed E-state index contributed by atoms with van der Waals surface area (Å²) in [4.78, 5) is 34.4. The molecule has 6 aromatic rings. The Morgan fingerprint density at radius 3 is 1.38 bits per heavy atom. The number of ether oxygens (including phenoxy) is 6. The predicted octanol–water partition coefficient (Wildman–Crippen LogP) is 15.0. The molecule has 0 saturated carbocycles. The van der Waals surface area contributed by atoms with Crippen molar-refractivity contribution in [2.24, 2.45) is 0 Å². The summed E-state index contributed by atoms with van der Waals surface area (Å²) >= 11 is 0. The quantitative estimate of drug-likeness (QED) is 0.0396. The third-order valence-corrected chi connectivity index (χ3v) is 12.1. The van der Waals surface area contributed by atoms with Crippen molar-refractivity contribution in [2.45, 2.75) is 124 Å². The van der Waals surface area contributed by atoms with Crippen molar-refractivity contribution in [2.75, 3.05) is 39.6 Å². The molecule has 396 valence electrons. The van der Waals surface area contributed by atoms with Crippen LogP contribution in [-0.4, -0.2) is 75.3 Å². The lowest BCUT2D eigenvalue weighted by Gasteiger charge is -2.23. The summed E-state index contributed by atoms with van der Waals surface area (Å²) in [6.45, 7) is 13.3. The van der Waals surface area contributed by atoms with Gasteiger partial charge in [-0.3, -0.25) is 0 Å². The molecule has 2 unspecified atom stereocenters. The largest absolute Gasteiger partial charge is 0.482 e. The van der Waals surface area contributed by atoms with Gasteiger partial charge in [0.1, 0.15) is 17.2 Å². The highest BCUT2D eigenvalue weighted by molar-refractivity contribution is 5.92. The van der Waals surface area contributed by atoms with Crippen molar-refractivity contribution in [1.82, 2.24) is 0 Å². The van der Waals surface area contributed by atoms with Crippen LogP contribution in [0.2, 0.25) is 0 Å². The Kier molecular flexibility index (Phi) is 21.4. The molecule has 73 heavy (non-hydrogen) atoms. The lowest BCUT2D eigenvalue weighted by Crippen LogP contribution is -2.24. The third-order valence-electron chi connectivity index (χ3n) is 12.1. The fourth-order valence-corrected chi connectivity index (χ4v) is 7.06. The van der Waals surface area contributed by atoms with Gasteiger partial charge in [0.05, 0.1) is 0 Å². The first-order valence-corrected chi connectivity index (χ1v) is 24.3. The number of fused-ring (bicyclic) bond motifs is 3. The van der Waals surface area contributed by atoms with Crippen LogP contribution in [0.5, 0.6) is 17.2 Å². The normalized spacial score (nSPS) is 12.7. The van der Waals surface area contributed by atoms with E-state index >= 15 is 0 Å². The van der Waals surface area contributed by atoms with Crippen LogP contribution in [0.3, 0.4) is 0 Å². The first-order chi connectivity index (χ1) is 34.2.